The molecule has 0 aromatic carbocycles. The standard InChI is InChI=1S/C11H17N3O2S2/c1-9-8-14(6-7-17-9)18(15,16)10-4-3-5-13-11(10)12-2/h3-5,9H,6-8H2,1-2H3,(H,12,13). The Morgan fingerprint density at radius 1 is 1.56 bits per heavy atom. The Balaban J connectivity index is 2.35. The smallest absolute Gasteiger partial charge is 0.246 e. The molecule has 5 nitrogen and oxygen atoms in total. The lowest BCUT2D eigenvalue weighted by Crippen LogP contribution is -2.41. The van der Waals surface area contributed by atoms with Gasteiger partial charge in [-0.25, -0.2) is 13.4 Å². The molecule has 18 heavy (non-hydrogen) atoms. The fourth-order valence-electron chi connectivity index (χ4n) is 1.93. The molecule has 0 amide bonds. The number of hydrogen-bond acceptors (Lipinski definition) is 5. The fourth-order valence-corrected chi connectivity index (χ4v) is 4.83. The summed E-state index contributed by atoms with van der Waals surface area (Å²) in [5, 5.41) is 3.17. The topological polar surface area (TPSA) is 62.3 Å². The molecule has 0 spiro atoms. The zero-order chi connectivity index (χ0) is 13.2. The molecule has 1 N–H and O–H groups in total. The number of nitrogens with one attached hydrogen (secondary N) is 1. The Morgan fingerprint density at radius 3 is 3.00 bits per heavy atom. The Hall–Kier alpha value is -0.790. The third-order valence-corrected chi connectivity index (χ3v) is 5.86. The third-order valence-electron chi connectivity index (χ3n) is 2.83. The van der Waals surface area contributed by atoms with Crippen LogP contribution < -0.4 is 5.32 Å². The number of aromatic nitrogens is 1. The highest BCUT2D eigenvalue weighted by atomic mass is 32.2. The van der Waals surface area contributed by atoms with Gasteiger partial charge in [0.1, 0.15) is 10.7 Å². The van der Waals surface area contributed by atoms with Gasteiger partial charge in [0.2, 0.25) is 10.0 Å². The summed E-state index contributed by atoms with van der Waals surface area (Å²) in [5.74, 6) is 1.25. The molecular weight excluding hydrogens is 270 g/mol. The molecule has 0 aliphatic carbocycles. The summed E-state index contributed by atoms with van der Waals surface area (Å²) < 4.78 is 26.6. The van der Waals surface area contributed by atoms with Gasteiger partial charge in [-0.2, -0.15) is 16.1 Å². The molecule has 1 aromatic heterocycles. The number of nitrogens with zero attached hydrogens (tertiary/aromatic N) is 2. The molecule has 2 heterocycles. The minimum absolute atomic E-state index is 0.256. The number of hydrogen-bond donors (Lipinski definition) is 1. The Kier molecular flexibility index (Phi) is 4.14. The van der Waals surface area contributed by atoms with Gasteiger partial charge in [-0.3, -0.25) is 0 Å². The molecule has 1 saturated heterocycles. The summed E-state index contributed by atoms with van der Waals surface area (Å²) in [4.78, 5) is 4.31. The van der Waals surface area contributed by atoms with Gasteiger partial charge in [-0.1, -0.05) is 6.92 Å². The largest absolute Gasteiger partial charge is 0.372 e. The molecule has 0 saturated carbocycles. The SMILES string of the molecule is CNc1ncccc1S(=O)(=O)N1CCSC(C)C1. The molecule has 1 fully saturated rings. The van der Waals surface area contributed by atoms with Crippen molar-refractivity contribution in [2.75, 3.05) is 31.2 Å². The van der Waals surface area contributed by atoms with Crippen LogP contribution in [0.1, 0.15) is 6.92 Å². The first-order valence-electron chi connectivity index (χ1n) is 5.80. The molecule has 0 bridgehead atoms. The molecule has 0 radical (unpaired) electrons. The predicted molar refractivity (Wildman–Crippen MR) is 74.5 cm³/mol. The zero-order valence-corrected chi connectivity index (χ0v) is 12.1. The Labute approximate surface area is 112 Å². The molecule has 1 unspecified atom stereocenters. The van der Waals surface area contributed by atoms with Crippen molar-refractivity contribution in [3.63, 3.8) is 0 Å². The average Bonchev–Trinajstić information content (AvgIpc) is 2.38. The van der Waals surface area contributed by atoms with E-state index in [9.17, 15) is 8.42 Å². The quantitative estimate of drug-likeness (QED) is 0.906. The number of anilines is 1. The second-order valence-electron chi connectivity index (χ2n) is 4.14. The zero-order valence-electron chi connectivity index (χ0n) is 10.5. The van der Waals surface area contributed by atoms with E-state index in [0.717, 1.165) is 5.75 Å². The van der Waals surface area contributed by atoms with E-state index in [1.807, 2.05) is 0 Å². The number of pyridine rings is 1. The normalized spacial score (nSPS) is 21.8. The fraction of sp³-hybridized carbons (Fsp3) is 0.545. The third kappa shape index (κ3) is 2.62. The molecule has 1 aliphatic rings. The summed E-state index contributed by atoms with van der Waals surface area (Å²) in [6.45, 7) is 3.18. The van der Waals surface area contributed by atoms with Crippen molar-refractivity contribution in [3.8, 4) is 0 Å². The van der Waals surface area contributed by atoms with Crippen molar-refractivity contribution < 1.29 is 8.42 Å². The summed E-state index contributed by atoms with van der Waals surface area (Å²) in [6.07, 6.45) is 1.58. The van der Waals surface area contributed by atoms with Crippen molar-refractivity contribution >= 4 is 27.6 Å². The number of rotatable bonds is 3. The van der Waals surface area contributed by atoms with E-state index in [0.29, 0.717) is 24.2 Å². The highest BCUT2D eigenvalue weighted by Crippen LogP contribution is 2.26. The van der Waals surface area contributed by atoms with Gasteiger partial charge in [-0.15, -0.1) is 0 Å². The van der Waals surface area contributed by atoms with E-state index in [4.69, 9.17) is 0 Å². The second kappa shape index (κ2) is 5.46. The van der Waals surface area contributed by atoms with E-state index in [1.165, 1.54) is 0 Å². The van der Waals surface area contributed by atoms with Crippen molar-refractivity contribution in [3.05, 3.63) is 18.3 Å². The van der Waals surface area contributed by atoms with E-state index >= 15 is 0 Å². The van der Waals surface area contributed by atoms with Crippen LogP contribution in [0.25, 0.3) is 0 Å². The lowest BCUT2D eigenvalue weighted by molar-refractivity contribution is 0.424. The lowest BCUT2D eigenvalue weighted by Gasteiger charge is -2.30. The molecule has 1 aromatic rings. The second-order valence-corrected chi connectivity index (χ2v) is 7.60. The maximum Gasteiger partial charge on any atom is 0.246 e. The van der Waals surface area contributed by atoms with Crippen molar-refractivity contribution in [1.82, 2.24) is 9.29 Å². The minimum Gasteiger partial charge on any atom is -0.372 e. The summed E-state index contributed by atoms with van der Waals surface area (Å²) in [6, 6.07) is 3.25. The maximum atomic E-state index is 12.5. The van der Waals surface area contributed by atoms with Crippen LogP contribution in [0.3, 0.4) is 0 Å². The van der Waals surface area contributed by atoms with Gasteiger partial charge in [-0.05, 0) is 12.1 Å². The molecule has 100 valence electrons. The van der Waals surface area contributed by atoms with Crippen LogP contribution in [0.5, 0.6) is 0 Å². The summed E-state index contributed by atoms with van der Waals surface area (Å²) in [7, 11) is -1.77. The average molecular weight is 287 g/mol. The monoisotopic (exact) mass is 287 g/mol. The van der Waals surface area contributed by atoms with Crippen LogP contribution in [0.4, 0.5) is 5.82 Å². The highest BCUT2D eigenvalue weighted by Gasteiger charge is 2.30. The van der Waals surface area contributed by atoms with Gasteiger partial charge in [0, 0.05) is 37.3 Å². The molecule has 2 rings (SSSR count). The number of sulfonamides is 1. The predicted octanol–water partition coefficient (Wildman–Crippen LogP) is 1.25. The molecule has 1 atom stereocenters. The van der Waals surface area contributed by atoms with Gasteiger partial charge in [0.25, 0.3) is 0 Å². The van der Waals surface area contributed by atoms with Crippen molar-refractivity contribution in [1.29, 1.82) is 0 Å². The first-order chi connectivity index (χ1) is 8.55. The van der Waals surface area contributed by atoms with Gasteiger partial charge >= 0.3 is 0 Å². The van der Waals surface area contributed by atoms with Crippen LogP contribution >= 0.6 is 11.8 Å². The van der Waals surface area contributed by atoms with Gasteiger partial charge < -0.3 is 5.32 Å². The minimum atomic E-state index is -3.44. The molecule has 7 heteroatoms. The Bertz CT molecular complexity index is 519. The first-order valence-corrected chi connectivity index (χ1v) is 8.29. The highest BCUT2D eigenvalue weighted by molar-refractivity contribution is 8.00. The lowest BCUT2D eigenvalue weighted by atomic mass is 10.4. The molecule has 1 aliphatic heterocycles. The maximum absolute atomic E-state index is 12.5. The van der Waals surface area contributed by atoms with Crippen LogP contribution in [0.15, 0.2) is 23.2 Å². The van der Waals surface area contributed by atoms with Crippen molar-refractivity contribution in [2.45, 2.75) is 17.1 Å². The number of thioether (sulfide) groups is 1. The molecular formula is C11H17N3O2S2. The van der Waals surface area contributed by atoms with Crippen LogP contribution in [0, 0.1) is 0 Å². The van der Waals surface area contributed by atoms with Crippen LogP contribution in [-0.4, -0.2) is 48.8 Å². The summed E-state index contributed by atoms with van der Waals surface area (Å²) in [5.41, 5.74) is 0. The van der Waals surface area contributed by atoms with E-state index in [2.05, 4.69) is 17.2 Å². The van der Waals surface area contributed by atoms with Crippen LogP contribution in [-0.2, 0) is 10.0 Å². The summed E-state index contributed by atoms with van der Waals surface area (Å²) >= 11 is 1.81. The first kappa shape index (κ1) is 13.6. The van der Waals surface area contributed by atoms with Crippen molar-refractivity contribution in [2.24, 2.45) is 0 Å². The van der Waals surface area contributed by atoms with Gasteiger partial charge in [0.15, 0.2) is 0 Å². The Morgan fingerprint density at radius 2 is 2.33 bits per heavy atom. The van der Waals surface area contributed by atoms with Gasteiger partial charge in [0.05, 0.1) is 0 Å². The van der Waals surface area contributed by atoms with E-state index in [-0.39, 0.29) is 4.90 Å². The van der Waals surface area contributed by atoms with E-state index < -0.39 is 10.0 Å². The van der Waals surface area contributed by atoms with E-state index in [1.54, 1.807) is 41.4 Å². The van der Waals surface area contributed by atoms with Crippen LogP contribution in [0.2, 0.25) is 0 Å².